The molecule has 0 aromatic carbocycles. The first-order chi connectivity index (χ1) is 8.29. The Hall–Kier alpha value is -1.82. The number of H-pyrrole nitrogens is 1. The van der Waals surface area contributed by atoms with Gasteiger partial charge in [0.1, 0.15) is 5.03 Å². The number of imidazole rings is 1. The van der Waals surface area contributed by atoms with E-state index in [-0.39, 0.29) is 5.97 Å². The molecule has 0 spiro atoms. The molecule has 5 nitrogen and oxygen atoms in total. The lowest BCUT2D eigenvalue weighted by molar-refractivity contribution is 0.0525. The second-order valence-corrected chi connectivity index (χ2v) is 4.11. The fourth-order valence-electron chi connectivity index (χ4n) is 1.18. The summed E-state index contributed by atoms with van der Waals surface area (Å²) in [7, 11) is 0. The van der Waals surface area contributed by atoms with E-state index in [2.05, 4.69) is 15.0 Å². The molecule has 2 aromatic rings. The first-order valence-electron chi connectivity index (χ1n) is 5.10. The van der Waals surface area contributed by atoms with Gasteiger partial charge in [0, 0.05) is 18.6 Å². The normalized spacial score (nSPS) is 10.2. The molecular formula is C11H11N3O2S. The number of carbonyl (C=O) groups excluding carboxylic acids is 1. The predicted molar refractivity (Wildman–Crippen MR) is 62.9 cm³/mol. The molecule has 0 saturated carbocycles. The molecule has 17 heavy (non-hydrogen) atoms. The van der Waals surface area contributed by atoms with Gasteiger partial charge in [-0.1, -0.05) is 0 Å². The SMILES string of the molecule is CCOC(=O)c1ccc(Sc2ncc[nH]2)nc1. The van der Waals surface area contributed by atoms with Crippen LogP contribution < -0.4 is 0 Å². The van der Waals surface area contributed by atoms with Gasteiger partial charge in [0.15, 0.2) is 5.16 Å². The zero-order valence-corrected chi connectivity index (χ0v) is 10.0. The van der Waals surface area contributed by atoms with Crippen LogP contribution in [0.15, 0.2) is 40.9 Å². The van der Waals surface area contributed by atoms with E-state index in [4.69, 9.17) is 4.74 Å². The molecule has 6 heteroatoms. The average molecular weight is 249 g/mol. The van der Waals surface area contributed by atoms with Crippen molar-refractivity contribution in [1.82, 2.24) is 15.0 Å². The molecule has 0 aliphatic heterocycles. The van der Waals surface area contributed by atoms with Crippen LogP contribution in [0.4, 0.5) is 0 Å². The van der Waals surface area contributed by atoms with Crippen molar-refractivity contribution in [3.05, 3.63) is 36.3 Å². The maximum atomic E-state index is 11.4. The highest BCUT2D eigenvalue weighted by atomic mass is 32.2. The minimum Gasteiger partial charge on any atom is -0.462 e. The third kappa shape index (κ3) is 3.07. The molecule has 0 saturated heterocycles. The van der Waals surface area contributed by atoms with Gasteiger partial charge >= 0.3 is 5.97 Å². The molecule has 0 atom stereocenters. The van der Waals surface area contributed by atoms with Gasteiger partial charge < -0.3 is 9.72 Å². The molecule has 88 valence electrons. The molecular weight excluding hydrogens is 238 g/mol. The number of pyridine rings is 1. The van der Waals surface area contributed by atoms with Crippen molar-refractivity contribution in [3.8, 4) is 0 Å². The lowest BCUT2D eigenvalue weighted by Crippen LogP contribution is -2.04. The Bertz CT molecular complexity index is 482. The number of aromatic nitrogens is 3. The maximum Gasteiger partial charge on any atom is 0.339 e. The molecule has 0 bridgehead atoms. The summed E-state index contributed by atoms with van der Waals surface area (Å²) in [5.41, 5.74) is 0.454. The molecule has 0 radical (unpaired) electrons. The first kappa shape index (κ1) is 11.7. The second-order valence-electron chi connectivity index (χ2n) is 3.10. The number of ether oxygens (including phenoxy) is 1. The Kier molecular flexibility index (Phi) is 3.77. The van der Waals surface area contributed by atoms with Gasteiger partial charge in [-0.15, -0.1) is 0 Å². The van der Waals surface area contributed by atoms with Crippen molar-refractivity contribution in [2.45, 2.75) is 17.1 Å². The Balaban J connectivity index is 2.05. The summed E-state index contributed by atoms with van der Waals surface area (Å²) >= 11 is 1.40. The summed E-state index contributed by atoms with van der Waals surface area (Å²) in [5, 5.41) is 1.54. The highest BCUT2D eigenvalue weighted by molar-refractivity contribution is 7.99. The summed E-state index contributed by atoms with van der Waals surface area (Å²) in [5.74, 6) is -0.352. The van der Waals surface area contributed by atoms with Crippen LogP contribution in [0.25, 0.3) is 0 Å². The van der Waals surface area contributed by atoms with Gasteiger partial charge in [0.25, 0.3) is 0 Å². The third-order valence-corrected chi connectivity index (χ3v) is 2.79. The van der Waals surface area contributed by atoms with Gasteiger partial charge in [-0.05, 0) is 30.8 Å². The van der Waals surface area contributed by atoms with E-state index in [1.807, 2.05) is 0 Å². The summed E-state index contributed by atoms with van der Waals surface area (Å²) in [6.45, 7) is 2.13. The monoisotopic (exact) mass is 249 g/mol. The van der Waals surface area contributed by atoms with Crippen molar-refractivity contribution < 1.29 is 9.53 Å². The predicted octanol–water partition coefficient (Wildman–Crippen LogP) is 2.13. The van der Waals surface area contributed by atoms with Crippen LogP contribution in [-0.2, 0) is 4.74 Å². The lowest BCUT2D eigenvalue weighted by atomic mass is 10.3. The van der Waals surface area contributed by atoms with Crippen LogP contribution in [0.5, 0.6) is 0 Å². The Morgan fingerprint density at radius 3 is 2.94 bits per heavy atom. The van der Waals surface area contributed by atoms with E-state index in [1.165, 1.54) is 18.0 Å². The molecule has 1 N–H and O–H groups in total. The van der Waals surface area contributed by atoms with E-state index in [0.717, 1.165) is 10.2 Å². The van der Waals surface area contributed by atoms with Crippen LogP contribution in [0.1, 0.15) is 17.3 Å². The number of hydrogen-bond acceptors (Lipinski definition) is 5. The fraction of sp³-hybridized carbons (Fsp3) is 0.182. The average Bonchev–Trinajstić information content (AvgIpc) is 2.83. The molecule has 2 aromatic heterocycles. The first-order valence-corrected chi connectivity index (χ1v) is 5.91. The number of nitrogens with one attached hydrogen (secondary N) is 1. The number of aromatic amines is 1. The summed E-state index contributed by atoms with van der Waals surface area (Å²) in [6.07, 6.45) is 4.92. The van der Waals surface area contributed by atoms with Crippen molar-refractivity contribution in [1.29, 1.82) is 0 Å². The number of carbonyl (C=O) groups is 1. The van der Waals surface area contributed by atoms with Gasteiger partial charge in [-0.25, -0.2) is 14.8 Å². The molecule has 2 heterocycles. The number of esters is 1. The van der Waals surface area contributed by atoms with Gasteiger partial charge in [-0.3, -0.25) is 0 Å². The third-order valence-electron chi connectivity index (χ3n) is 1.92. The minimum absolute atomic E-state index is 0.352. The molecule has 0 aliphatic carbocycles. The molecule has 0 amide bonds. The summed E-state index contributed by atoms with van der Waals surface area (Å²) in [4.78, 5) is 22.6. The highest BCUT2D eigenvalue weighted by Gasteiger charge is 2.07. The Labute approximate surface area is 103 Å². The molecule has 0 unspecified atom stereocenters. The standard InChI is InChI=1S/C11H11N3O2S/c1-2-16-10(15)8-3-4-9(14-7-8)17-11-12-5-6-13-11/h3-7H,2H2,1H3,(H,12,13). The quantitative estimate of drug-likeness (QED) is 0.841. The molecule has 2 rings (SSSR count). The fourth-order valence-corrected chi connectivity index (χ4v) is 1.86. The van der Waals surface area contributed by atoms with Crippen molar-refractivity contribution in [2.75, 3.05) is 6.61 Å². The van der Waals surface area contributed by atoms with Gasteiger partial charge in [0.05, 0.1) is 12.2 Å². The van der Waals surface area contributed by atoms with Crippen LogP contribution in [0.3, 0.4) is 0 Å². The highest BCUT2D eigenvalue weighted by Crippen LogP contribution is 2.21. The van der Waals surface area contributed by atoms with Crippen molar-refractivity contribution in [2.24, 2.45) is 0 Å². The zero-order chi connectivity index (χ0) is 12.1. The van der Waals surface area contributed by atoms with Gasteiger partial charge in [-0.2, -0.15) is 0 Å². The summed E-state index contributed by atoms with van der Waals surface area (Å²) < 4.78 is 4.87. The minimum atomic E-state index is -0.352. The Morgan fingerprint density at radius 2 is 2.35 bits per heavy atom. The number of rotatable bonds is 4. The van der Waals surface area contributed by atoms with Crippen molar-refractivity contribution in [3.63, 3.8) is 0 Å². The van der Waals surface area contributed by atoms with Crippen molar-refractivity contribution >= 4 is 17.7 Å². The topological polar surface area (TPSA) is 67.9 Å². The zero-order valence-electron chi connectivity index (χ0n) is 9.21. The van der Waals surface area contributed by atoms with Crippen LogP contribution in [-0.4, -0.2) is 27.5 Å². The largest absolute Gasteiger partial charge is 0.462 e. The second kappa shape index (κ2) is 5.49. The van der Waals surface area contributed by atoms with Crippen LogP contribution in [0.2, 0.25) is 0 Å². The van der Waals surface area contributed by atoms with Crippen LogP contribution in [0, 0.1) is 0 Å². The van der Waals surface area contributed by atoms with E-state index in [9.17, 15) is 4.79 Å². The van der Waals surface area contributed by atoms with Crippen LogP contribution >= 0.6 is 11.8 Å². The number of nitrogens with zero attached hydrogens (tertiary/aromatic N) is 2. The van der Waals surface area contributed by atoms with E-state index in [0.29, 0.717) is 12.2 Å². The Morgan fingerprint density at radius 1 is 1.47 bits per heavy atom. The molecule has 0 aliphatic rings. The van der Waals surface area contributed by atoms with E-state index in [1.54, 1.807) is 31.5 Å². The van der Waals surface area contributed by atoms with E-state index < -0.39 is 0 Å². The van der Waals surface area contributed by atoms with Gasteiger partial charge in [0.2, 0.25) is 0 Å². The number of hydrogen-bond donors (Lipinski definition) is 1. The summed E-state index contributed by atoms with van der Waals surface area (Å²) in [6, 6.07) is 3.45. The van der Waals surface area contributed by atoms with E-state index >= 15 is 0 Å². The molecule has 0 fully saturated rings. The smallest absolute Gasteiger partial charge is 0.339 e. The maximum absolute atomic E-state index is 11.4. The lowest BCUT2D eigenvalue weighted by Gasteiger charge is -2.01.